The maximum atomic E-state index is 12.8. The highest BCUT2D eigenvalue weighted by atomic mass is 35.5. The predicted octanol–water partition coefficient (Wildman–Crippen LogP) is 3.58. The first-order valence-corrected chi connectivity index (χ1v) is 7.41. The minimum absolute atomic E-state index is 0.0844. The molecule has 1 aliphatic rings. The molecule has 0 saturated heterocycles. The average molecular weight is 315 g/mol. The Bertz CT molecular complexity index is 728. The molecular formula is C17H15ClN2O2. The quantitative estimate of drug-likeness (QED) is 0.874. The standard InChI is InChI=1S/C17H15ClN2O2/c1-11-10-20(17(22)12-6-8-13(18)9-7-12)15-5-3-2-4-14(15)19-16(11)21/h2-9,11H,10H2,1H3,(H,19,21). The molecule has 0 aliphatic carbocycles. The third-order valence-electron chi connectivity index (χ3n) is 3.69. The lowest BCUT2D eigenvalue weighted by Crippen LogP contribution is -2.35. The highest BCUT2D eigenvalue weighted by Crippen LogP contribution is 2.31. The third kappa shape index (κ3) is 2.70. The van der Waals surface area contributed by atoms with Gasteiger partial charge in [-0.15, -0.1) is 0 Å². The van der Waals surface area contributed by atoms with Gasteiger partial charge in [0.05, 0.1) is 17.3 Å². The van der Waals surface area contributed by atoms with Gasteiger partial charge in [0.1, 0.15) is 0 Å². The Balaban J connectivity index is 2.02. The molecule has 1 heterocycles. The Morgan fingerprint density at radius 3 is 2.59 bits per heavy atom. The van der Waals surface area contributed by atoms with Crippen LogP contribution in [0.4, 0.5) is 11.4 Å². The Hall–Kier alpha value is -2.33. The first-order valence-electron chi connectivity index (χ1n) is 7.03. The summed E-state index contributed by atoms with van der Waals surface area (Å²) in [6, 6.07) is 14.1. The van der Waals surface area contributed by atoms with Gasteiger partial charge >= 0.3 is 0 Å². The van der Waals surface area contributed by atoms with Crippen LogP contribution in [0.15, 0.2) is 48.5 Å². The molecule has 2 amide bonds. The van der Waals surface area contributed by atoms with E-state index in [0.29, 0.717) is 28.5 Å². The van der Waals surface area contributed by atoms with Crippen LogP contribution in [-0.2, 0) is 4.79 Å². The number of hydrogen-bond donors (Lipinski definition) is 1. The summed E-state index contributed by atoms with van der Waals surface area (Å²) in [7, 11) is 0. The van der Waals surface area contributed by atoms with Gasteiger partial charge in [0.15, 0.2) is 0 Å². The number of carbonyl (C=O) groups excluding carboxylic acids is 2. The van der Waals surface area contributed by atoms with E-state index in [4.69, 9.17) is 11.6 Å². The van der Waals surface area contributed by atoms with Crippen LogP contribution in [0.1, 0.15) is 17.3 Å². The van der Waals surface area contributed by atoms with Gasteiger partial charge in [0.2, 0.25) is 5.91 Å². The second kappa shape index (κ2) is 5.81. The topological polar surface area (TPSA) is 49.4 Å². The molecule has 0 fully saturated rings. The van der Waals surface area contributed by atoms with Gasteiger partial charge < -0.3 is 10.2 Å². The van der Waals surface area contributed by atoms with E-state index in [1.165, 1.54) is 0 Å². The Morgan fingerprint density at radius 1 is 1.18 bits per heavy atom. The van der Waals surface area contributed by atoms with Crippen molar-refractivity contribution in [2.24, 2.45) is 5.92 Å². The lowest BCUT2D eigenvalue weighted by Gasteiger charge is -2.23. The van der Waals surface area contributed by atoms with E-state index in [0.717, 1.165) is 0 Å². The first-order chi connectivity index (χ1) is 10.6. The summed E-state index contributed by atoms with van der Waals surface area (Å²) in [5.41, 5.74) is 1.90. The molecular weight excluding hydrogens is 300 g/mol. The smallest absolute Gasteiger partial charge is 0.258 e. The van der Waals surface area contributed by atoms with E-state index in [-0.39, 0.29) is 17.7 Å². The Kier molecular flexibility index (Phi) is 3.86. The molecule has 0 saturated carbocycles. The van der Waals surface area contributed by atoms with E-state index >= 15 is 0 Å². The molecule has 1 unspecified atom stereocenters. The van der Waals surface area contributed by atoms with Gasteiger partial charge in [-0.3, -0.25) is 9.59 Å². The fourth-order valence-electron chi connectivity index (χ4n) is 2.47. The minimum atomic E-state index is -0.288. The van der Waals surface area contributed by atoms with Crippen LogP contribution in [0.25, 0.3) is 0 Å². The first kappa shape index (κ1) is 14.6. The molecule has 0 bridgehead atoms. The number of halogens is 1. The monoisotopic (exact) mass is 314 g/mol. The minimum Gasteiger partial charge on any atom is -0.324 e. The van der Waals surface area contributed by atoms with Crippen molar-refractivity contribution in [2.75, 3.05) is 16.8 Å². The van der Waals surface area contributed by atoms with Gasteiger partial charge in [-0.2, -0.15) is 0 Å². The van der Waals surface area contributed by atoms with Crippen LogP contribution in [0, 0.1) is 5.92 Å². The number of para-hydroxylation sites is 2. The van der Waals surface area contributed by atoms with Crippen molar-refractivity contribution in [1.29, 1.82) is 0 Å². The van der Waals surface area contributed by atoms with Crippen LogP contribution in [0.2, 0.25) is 5.02 Å². The van der Waals surface area contributed by atoms with Gasteiger partial charge in [-0.05, 0) is 36.4 Å². The summed E-state index contributed by atoms with van der Waals surface area (Å²) >= 11 is 5.87. The molecule has 0 aromatic heterocycles. The largest absolute Gasteiger partial charge is 0.324 e. The fraction of sp³-hybridized carbons (Fsp3) is 0.176. The molecule has 1 aliphatic heterocycles. The van der Waals surface area contributed by atoms with Crippen LogP contribution in [0.5, 0.6) is 0 Å². The zero-order valence-electron chi connectivity index (χ0n) is 12.0. The van der Waals surface area contributed by atoms with E-state index in [1.807, 2.05) is 25.1 Å². The van der Waals surface area contributed by atoms with E-state index in [2.05, 4.69) is 5.32 Å². The van der Waals surface area contributed by atoms with Crippen molar-refractivity contribution in [1.82, 2.24) is 0 Å². The second-order valence-corrected chi connectivity index (χ2v) is 5.77. The van der Waals surface area contributed by atoms with Crippen LogP contribution < -0.4 is 10.2 Å². The van der Waals surface area contributed by atoms with Gasteiger partial charge in [0.25, 0.3) is 5.91 Å². The lowest BCUT2D eigenvalue weighted by molar-refractivity contribution is -0.119. The lowest BCUT2D eigenvalue weighted by atomic mass is 10.1. The third-order valence-corrected chi connectivity index (χ3v) is 3.95. The van der Waals surface area contributed by atoms with Crippen molar-refractivity contribution in [3.8, 4) is 0 Å². The van der Waals surface area contributed by atoms with Gasteiger partial charge in [-0.25, -0.2) is 0 Å². The number of carbonyl (C=O) groups is 2. The van der Waals surface area contributed by atoms with Crippen molar-refractivity contribution >= 4 is 34.8 Å². The molecule has 0 radical (unpaired) electrons. The molecule has 1 N–H and O–H groups in total. The number of amides is 2. The number of nitrogens with zero attached hydrogens (tertiary/aromatic N) is 1. The fourth-order valence-corrected chi connectivity index (χ4v) is 2.59. The molecule has 0 spiro atoms. The number of anilines is 2. The summed E-state index contributed by atoms with van der Waals surface area (Å²) in [5, 5.41) is 3.45. The maximum Gasteiger partial charge on any atom is 0.258 e. The molecule has 2 aromatic rings. The molecule has 22 heavy (non-hydrogen) atoms. The average Bonchev–Trinajstić information content (AvgIpc) is 2.65. The Morgan fingerprint density at radius 2 is 1.86 bits per heavy atom. The summed E-state index contributed by atoms with van der Waals surface area (Å²) < 4.78 is 0. The van der Waals surface area contributed by atoms with Crippen LogP contribution >= 0.6 is 11.6 Å². The van der Waals surface area contributed by atoms with Gasteiger partial charge in [-0.1, -0.05) is 30.7 Å². The summed E-state index contributed by atoms with van der Waals surface area (Å²) in [6.07, 6.45) is 0. The zero-order valence-corrected chi connectivity index (χ0v) is 12.8. The number of hydrogen-bond acceptors (Lipinski definition) is 2. The highest BCUT2D eigenvalue weighted by molar-refractivity contribution is 6.30. The van der Waals surface area contributed by atoms with E-state index in [9.17, 15) is 9.59 Å². The summed E-state index contributed by atoms with van der Waals surface area (Å²) in [4.78, 5) is 26.5. The normalized spacial score (nSPS) is 17.5. The van der Waals surface area contributed by atoms with E-state index < -0.39 is 0 Å². The summed E-state index contributed by atoms with van der Waals surface area (Å²) in [6.45, 7) is 2.15. The second-order valence-electron chi connectivity index (χ2n) is 5.33. The SMILES string of the molecule is CC1CN(C(=O)c2ccc(Cl)cc2)c2ccccc2NC1=O. The molecule has 3 rings (SSSR count). The summed E-state index contributed by atoms with van der Waals surface area (Å²) in [5.74, 6) is -0.519. The number of benzene rings is 2. The van der Waals surface area contributed by atoms with E-state index in [1.54, 1.807) is 35.2 Å². The van der Waals surface area contributed by atoms with Crippen molar-refractivity contribution in [3.05, 3.63) is 59.1 Å². The molecule has 1 atom stereocenters. The maximum absolute atomic E-state index is 12.8. The zero-order chi connectivity index (χ0) is 15.7. The molecule has 4 nitrogen and oxygen atoms in total. The highest BCUT2D eigenvalue weighted by Gasteiger charge is 2.28. The van der Waals surface area contributed by atoms with Crippen molar-refractivity contribution in [2.45, 2.75) is 6.92 Å². The number of fused-ring (bicyclic) bond motifs is 1. The van der Waals surface area contributed by atoms with Crippen molar-refractivity contribution in [3.63, 3.8) is 0 Å². The molecule has 112 valence electrons. The van der Waals surface area contributed by atoms with Crippen molar-refractivity contribution < 1.29 is 9.59 Å². The molecule has 2 aromatic carbocycles. The number of nitrogens with one attached hydrogen (secondary N) is 1. The molecule has 5 heteroatoms. The predicted molar refractivity (Wildman–Crippen MR) is 87.4 cm³/mol. The van der Waals surface area contributed by atoms with Gasteiger partial charge in [0, 0.05) is 17.1 Å². The number of rotatable bonds is 1. The Labute approximate surface area is 133 Å². The van der Waals surface area contributed by atoms with Crippen LogP contribution in [-0.4, -0.2) is 18.4 Å². The van der Waals surface area contributed by atoms with Crippen LogP contribution in [0.3, 0.4) is 0 Å².